The summed E-state index contributed by atoms with van der Waals surface area (Å²) >= 11 is 0. The lowest BCUT2D eigenvalue weighted by Gasteiger charge is -2.16. The Morgan fingerprint density at radius 2 is 0.882 bits per heavy atom. The van der Waals surface area contributed by atoms with E-state index < -0.39 is 0 Å². The zero-order valence-electron chi connectivity index (χ0n) is 36.7. The fourth-order valence-corrected chi connectivity index (χ4v) is 9.68. The Morgan fingerprint density at radius 3 is 1.57 bits per heavy atom. The standard InChI is InChI=1S/C62H39N5O/c1-6-18-40(19-7-1)44-30-32-48(41-20-8-2-9-21-41)53(36-44)46-37-54(62-65-60(42-22-10-3-11-23-42)64-61(66-62)43-24-12-4-13-25-43)57(63-39-46)45-31-33-50-52-35-34-51-49-28-16-17-29-55(49)67(47-26-14-5-15-27-47)58(51)59(52)68-56(50)38-45/h1-39H. The zero-order valence-corrected chi connectivity index (χ0v) is 36.7. The summed E-state index contributed by atoms with van der Waals surface area (Å²) in [5.74, 6) is 1.67. The minimum atomic E-state index is 0.515. The van der Waals surface area contributed by atoms with Crippen LogP contribution in [0.4, 0.5) is 0 Å². The minimum Gasteiger partial charge on any atom is -0.454 e. The van der Waals surface area contributed by atoms with Crippen LogP contribution in [0, 0.1) is 0 Å². The SMILES string of the molecule is c1ccc(-c2ccc(-c3ccccc3)c(-c3cnc(-c4ccc5c(c4)oc4c5ccc5c6ccccc6n(-c6ccccc6)c54)c(-c4nc(-c5ccccc5)nc(-c5ccccc5)n4)c3)c2)cc1. The van der Waals surface area contributed by atoms with Crippen LogP contribution in [0.25, 0.3) is 128 Å². The Labute approximate surface area is 392 Å². The van der Waals surface area contributed by atoms with Gasteiger partial charge in [0.2, 0.25) is 0 Å². The molecule has 0 unspecified atom stereocenters. The van der Waals surface area contributed by atoms with Gasteiger partial charge in [0.1, 0.15) is 5.58 Å². The molecule has 0 N–H and O–H groups in total. The number of hydrogen-bond acceptors (Lipinski definition) is 5. The predicted octanol–water partition coefficient (Wildman–Crippen LogP) is 15.9. The van der Waals surface area contributed by atoms with Crippen LogP contribution in [-0.2, 0) is 0 Å². The lowest BCUT2D eigenvalue weighted by atomic mass is 9.90. The quantitative estimate of drug-likeness (QED) is 0.152. The second-order valence-corrected chi connectivity index (χ2v) is 17.0. The Hall–Kier alpha value is -9.26. The maximum absolute atomic E-state index is 7.04. The molecule has 4 aromatic heterocycles. The Bertz CT molecular complexity index is 3940. The van der Waals surface area contributed by atoms with Crippen molar-refractivity contribution in [1.82, 2.24) is 24.5 Å². The molecule has 13 aromatic rings. The van der Waals surface area contributed by atoms with Crippen molar-refractivity contribution >= 4 is 43.7 Å². The normalized spacial score (nSPS) is 11.5. The Kier molecular flexibility index (Phi) is 9.39. The maximum atomic E-state index is 7.04. The molecule has 0 bridgehead atoms. The van der Waals surface area contributed by atoms with Gasteiger partial charge in [-0.15, -0.1) is 0 Å². The first-order valence-electron chi connectivity index (χ1n) is 22.8. The molecule has 0 fully saturated rings. The number of benzene rings is 9. The second-order valence-electron chi connectivity index (χ2n) is 17.0. The van der Waals surface area contributed by atoms with Gasteiger partial charge in [0, 0.05) is 61.2 Å². The van der Waals surface area contributed by atoms with Crippen molar-refractivity contribution in [1.29, 1.82) is 0 Å². The van der Waals surface area contributed by atoms with Gasteiger partial charge < -0.3 is 8.98 Å². The molecule has 68 heavy (non-hydrogen) atoms. The van der Waals surface area contributed by atoms with Crippen LogP contribution >= 0.6 is 0 Å². The van der Waals surface area contributed by atoms with E-state index in [1.54, 1.807) is 0 Å². The molecule has 0 aliphatic rings. The molecule has 0 radical (unpaired) electrons. The molecule has 0 aliphatic carbocycles. The summed E-state index contributed by atoms with van der Waals surface area (Å²) in [6.07, 6.45) is 1.98. The molecule has 0 saturated heterocycles. The van der Waals surface area contributed by atoms with Crippen LogP contribution in [0.1, 0.15) is 0 Å². The molecule has 0 saturated carbocycles. The monoisotopic (exact) mass is 869 g/mol. The number of furan rings is 1. The summed E-state index contributed by atoms with van der Waals surface area (Å²) in [7, 11) is 0. The highest BCUT2D eigenvalue weighted by atomic mass is 16.3. The van der Waals surface area contributed by atoms with E-state index in [9.17, 15) is 0 Å². The molecule has 0 amide bonds. The molecule has 13 rings (SSSR count). The summed E-state index contributed by atoms with van der Waals surface area (Å²) in [5, 5.41) is 4.39. The largest absolute Gasteiger partial charge is 0.454 e. The molecule has 9 aromatic carbocycles. The average Bonchev–Trinajstić information content (AvgIpc) is 3.97. The van der Waals surface area contributed by atoms with Crippen LogP contribution in [0.15, 0.2) is 241 Å². The third-order valence-corrected chi connectivity index (χ3v) is 12.9. The molecule has 6 heteroatoms. The first-order chi connectivity index (χ1) is 33.7. The molecule has 0 aliphatic heterocycles. The van der Waals surface area contributed by atoms with E-state index in [-0.39, 0.29) is 0 Å². The van der Waals surface area contributed by atoms with E-state index in [2.05, 4.69) is 168 Å². The van der Waals surface area contributed by atoms with Crippen LogP contribution in [0.5, 0.6) is 0 Å². The topological polar surface area (TPSA) is 69.6 Å². The van der Waals surface area contributed by atoms with E-state index in [0.717, 1.165) is 105 Å². The van der Waals surface area contributed by atoms with Gasteiger partial charge in [-0.1, -0.05) is 182 Å². The van der Waals surface area contributed by atoms with Crippen molar-refractivity contribution in [2.75, 3.05) is 0 Å². The zero-order chi connectivity index (χ0) is 45.0. The van der Waals surface area contributed by atoms with E-state index in [0.29, 0.717) is 17.5 Å². The van der Waals surface area contributed by atoms with Crippen molar-refractivity contribution in [3.8, 4) is 84.5 Å². The number of hydrogen-bond donors (Lipinski definition) is 0. The summed E-state index contributed by atoms with van der Waals surface area (Å²) in [5.41, 5.74) is 15.4. The minimum absolute atomic E-state index is 0.515. The Balaban J connectivity index is 1.06. The molecular formula is C62H39N5O. The maximum Gasteiger partial charge on any atom is 0.166 e. The summed E-state index contributed by atoms with van der Waals surface area (Å²) in [4.78, 5) is 21.0. The van der Waals surface area contributed by atoms with Crippen LogP contribution in [-0.4, -0.2) is 24.5 Å². The average molecular weight is 870 g/mol. The first kappa shape index (κ1) is 39.1. The van der Waals surface area contributed by atoms with Crippen molar-refractivity contribution in [2.24, 2.45) is 0 Å². The number of fused-ring (bicyclic) bond motifs is 7. The highest BCUT2D eigenvalue weighted by Crippen LogP contribution is 2.43. The van der Waals surface area contributed by atoms with Gasteiger partial charge in [0.05, 0.1) is 16.7 Å². The van der Waals surface area contributed by atoms with E-state index in [1.165, 1.54) is 5.39 Å². The second kappa shape index (κ2) is 16.3. The van der Waals surface area contributed by atoms with Gasteiger partial charge in [-0.25, -0.2) is 15.0 Å². The fourth-order valence-electron chi connectivity index (χ4n) is 9.68. The van der Waals surface area contributed by atoms with Gasteiger partial charge in [-0.3, -0.25) is 4.98 Å². The molecule has 0 spiro atoms. The third kappa shape index (κ3) is 6.74. The lowest BCUT2D eigenvalue weighted by Crippen LogP contribution is -2.02. The van der Waals surface area contributed by atoms with E-state index >= 15 is 0 Å². The summed E-state index contributed by atoms with van der Waals surface area (Å²) in [6.45, 7) is 0. The fraction of sp³-hybridized carbons (Fsp3) is 0. The van der Waals surface area contributed by atoms with Crippen LogP contribution in [0.2, 0.25) is 0 Å². The molecular weight excluding hydrogens is 831 g/mol. The van der Waals surface area contributed by atoms with Crippen molar-refractivity contribution in [3.63, 3.8) is 0 Å². The molecule has 0 atom stereocenters. The highest BCUT2D eigenvalue weighted by molar-refractivity contribution is 6.21. The van der Waals surface area contributed by atoms with Crippen molar-refractivity contribution in [3.05, 3.63) is 237 Å². The molecule has 4 heterocycles. The number of rotatable bonds is 8. The van der Waals surface area contributed by atoms with Crippen LogP contribution < -0.4 is 0 Å². The number of para-hydroxylation sites is 2. The third-order valence-electron chi connectivity index (χ3n) is 12.9. The summed E-state index contributed by atoms with van der Waals surface area (Å²) < 4.78 is 9.36. The van der Waals surface area contributed by atoms with Crippen molar-refractivity contribution < 1.29 is 4.42 Å². The first-order valence-corrected chi connectivity index (χ1v) is 22.8. The number of aromatic nitrogens is 5. The molecule has 318 valence electrons. The van der Waals surface area contributed by atoms with Gasteiger partial charge >= 0.3 is 0 Å². The highest BCUT2D eigenvalue weighted by Gasteiger charge is 2.23. The number of nitrogens with zero attached hydrogens (tertiary/aromatic N) is 5. The van der Waals surface area contributed by atoms with Crippen molar-refractivity contribution in [2.45, 2.75) is 0 Å². The van der Waals surface area contributed by atoms with E-state index in [4.69, 9.17) is 24.4 Å². The molecule has 6 nitrogen and oxygen atoms in total. The predicted molar refractivity (Wildman–Crippen MR) is 277 cm³/mol. The lowest BCUT2D eigenvalue weighted by molar-refractivity contribution is 0.671. The Morgan fingerprint density at radius 1 is 0.338 bits per heavy atom. The van der Waals surface area contributed by atoms with Gasteiger partial charge in [0.15, 0.2) is 23.1 Å². The van der Waals surface area contributed by atoms with Gasteiger partial charge in [-0.05, 0) is 76.3 Å². The number of pyridine rings is 1. The summed E-state index contributed by atoms with van der Waals surface area (Å²) in [6, 6.07) is 80.0. The van der Waals surface area contributed by atoms with E-state index in [1.807, 2.05) is 72.9 Å². The van der Waals surface area contributed by atoms with Gasteiger partial charge in [-0.2, -0.15) is 0 Å². The van der Waals surface area contributed by atoms with Gasteiger partial charge in [0.25, 0.3) is 0 Å². The van der Waals surface area contributed by atoms with Crippen LogP contribution in [0.3, 0.4) is 0 Å². The smallest absolute Gasteiger partial charge is 0.166 e.